The van der Waals surface area contributed by atoms with Gasteiger partial charge in [-0.1, -0.05) is 17.7 Å². The van der Waals surface area contributed by atoms with Crippen LogP contribution in [-0.4, -0.2) is 34.5 Å². The van der Waals surface area contributed by atoms with Crippen molar-refractivity contribution in [3.05, 3.63) is 50.7 Å². The molecule has 2 amide bonds. The Hall–Kier alpha value is -2.40. The van der Waals surface area contributed by atoms with E-state index in [2.05, 4.69) is 4.98 Å². The van der Waals surface area contributed by atoms with Gasteiger partial charge in [0.25, 0.3) is 5.91 Å². The van der Waals surface area contributed by atoms with Gasteiger partial charge in [-0.3, -0.25) is 9.69 Å². The summed E-state index contributed by atoms with van der Waals surface area (Å²) in [6, 6.07) is 2.25. The summed E-state index contributed by atoms with van der Waals surface area (Å²) in [5.74, 6) is -1.65. The molecule has 27 heavy (non-hydrogen) atoms. The van der Waals surface area contributed by atoms with E-state index in [1.165, 1.54) is 12.1 Å². The molecule has 0 bridgehead atoms. The molecule has 1 fully saturated rings. The van der Waals surface area contributed by atoms with E-state index in [9.17, 15) is 27.2 Å². The highest BCUT2D eigenvalue weighted by molar-refractivity contribution is 7.09. The number of amides is 2. The normalized spacial score (nSPS) is 18.5. The average Bonchev–Trinajstić information content (AvgIpc) is 3.19. The minimum absolute atomic E-state index is 0.128. The fourth-order valence-corrected chi connectivity index (χ4v) is 3.47. The number of nitrogens with two attached hydrogens (primary N) is 1. The van der Waals surface area contributed by atoms with Crippen LogP contribution in [0.15, 0.2) is 23.6 Å². The second-order valence-corrected chi connectivity index (χ2v) is 6.84. The number of cyclic esters (lactones) is 1. The highest BCUT2D eigenvalue weighted by Gasteiger charge is 2.42. The predicted molar refractivity (Wildman–Crippen MR) is 86.5 cm³/mol. The number of primary amides is 1. The molecule has 144 valence electrons. The summed E-state index contributed by atoms with van der Waals surface area (Å²) >= 11 is 6.10. The topological polar surface area (TPSA) is 85.5 Å². The smallest absolute Gasteiger partial charge is 0.434 e. The van der Waals surface area contributed by atoms with E-state index in [4.69, 9.17) is 22.1 Å². The number of aromatic nitrogens is 1. The fourth-order valence-electron chi connectivity index (χ4n) is 2.57. The van der Waals surface area contributed by atoms with Gasteiger partial charge in [-0.05, 0) is 17.7 Å². The molecule has 1 aliphatic rings. The molecule has 3 rings (SSSR count). The zero-order valence-corrected chi connectivity index (χ0v) is 14.7. The Balaban J connectivity index is 2.07. The molecular weight excluding hydrogens is 414 g/mol. The highest BCUT2D eigenvalue weighted by Crippen LogP contribution is 2.38. The lowest BCUT2D eigenvalue weighted by atomic mass is 10.0. The third-order valence-electron chi connectivity index (χ3n) is 3.77. The summed E-state index contributed by atoms with van der Waals surface area (Å²) in [4.78, 5) is 28.0. The molecule has 0 aliphatic carbocycles. The van der Waals surface area contributed by atoms with Gasteiger partial charge in [0.1, 0.15) is 11.9 Å². The second-order valence-electron chi connectivity index (χ2n) is 5.58. The second kappa shape index (κ2) is 6.97. The number of rotatable bonds is 4. The number of ether oxygens (including phenoxy) is 1. The number of hydrogen-bond donors (Lipinski definition) is 1. The lowest BCUT2D eigenvalue weighted by molar-refractivity contribution is -0.137. The lowest BCUT2D eigenvalue weighted by Crippen LogP contribution is -2.35. The van der Waals surface area contributed by atoms with Gasteiger partial charge in [-0.2, -0.15) is 13.2 Å². The zero-order valence-electron chi connectivity index (χ0n) is 13.2. The van der Waals surface area contributed by atoms with E-state index >= 15 is 0 Å². The molecule has 2 atom stereocenters. The summed E-state index contributed by atoms with van der Waals surface area (Å²) in [6.07, 6.45) is -6.91. The number of halogens is 5. The first kappa shape index (κ1) is 19.4. The number of benzene rings is 1. The number of thiazole rings is 1. The molecule has 6 nitrogen and oxygen atoms in total. The van der Waals surface area contributed by atoms with Crippen molar-refractivity contribution in [3.8, 4) is 0 Å². The van der Waals surface area contributed by atoms with Crippen LogP contribution >= 0.6 is 22.9 Å². The molecule has 1 aliphatic heterocycles. The van der Waals surface area contributed by atoms with Crippen LogP contribution in [0.3, 0.4) is 0 Å². The lowest BCUT2D eigenvalue weighted by Gasteiger charge is -2.25. The van der Waals surface area contributed by atoms with Crippen LogP contribution in [0.2, 0.25) is 5.02 Å². The number of alkyl halides is 3. The molecule has 0 saturated carbocycles. The van der Waals surface area contributed by atoms with Gasteiger partial charge in [-0.15, -0.1) is 11.3 Å². The summed E-state index contributed by atoms with van der Waals surface area (Å²) in [5.41, 5.74) is 5.20. The largest absolute Gasteiger partial charge is 0.443 e. The summed E-state index contributed by atoms with van der Waals surface area (Å²) < 4.78 is 57.1. The number of carbonyl (C=O) groups is 2. The summed E-state index contributed by atoms with van der Waals surface area (Å²) in [5, 5.41) is -0.284. The van der Waals surface area contributed by atoms with Gasteiger partial charge < -0.3 is 10.5 Å². The van der Waals surface area contributed by atoms with Crippen molar-refractivity contribution in [2.75, 3.05) is 6.54 Å². The van der Waals surface area contributed by atoms with Crippen LogP contribution in [0.1, 0.15) is 22.3 Å². The molecule has 0 radical (unpaired) electrons. The van der Waals surface area contributed by atoms with Gasteiger partial charge in [-0.25, -0.2) is 14.2 Å². The first-order valence-corrected chi connectivity index (χ1v) is 8.58. The van der Waals surface area contributed by atoms with Crippen molar-refractivity contribution < 1.29 is 31.9 Å². The monoisotopic (exact) mass is 423 g/mol. The zero-order chi connectivity index (χ0) is 19.9. The molecule has 2 aromatic rings. The quantitative estimate of drug-likeness (QED) is 0.764. The molecule has 2 heterocycles. The number of hydrogen-bond acceptors (Lipinski definition) is 5. The first-order chi connectivity index (χ1) is 12.6. The van der Waals surface area contributed by atoms with E-state index in [1.54, 1.807) is 0 Å². The summed E-state index contributed by atoms with van der Waals surface area (Å²) in [6.45, 7) is -0.299. The maximum atomic E-state index is 13.5. The highest BCUT2D eigenvalue weighted by atomic mass is 35.5. The van der Waals surface area contributed by atoms with Crippen molar-refractivity contribution in [2.24, 2.45) is 5.73 Å². The Labute approximate surface area is 158 Å². The van der Waals surface area contributed by atoms with Crippen molar-refractivity contribution in [2.45, 2.75) is 18.3 Å². The van der Waals surface area contributed by atoms with E-state index in [-0.39, 0.29) is 22.8 Å². The maximum absolute atomic E-state index is 13.5. The minimum Gasteiger partial charge on any atom is -0.434 e. The van der Waals surface area contributed by atoms with Crippen molar-refractivity contribution in [1.82, 2.24) is 9.88 Å². The van der Waals surface area contributed by atoms with E-state index in [0.29, 0.717) is 11.3 Å². The van der Waals surface area contributed by atoms with Crippen LogP contribution in [0.4, 0.5) is 22.4 Å². The van der Waals surface area contributed by atoms with Gasteiger partial charge >= 0.3 is 12.3 Å². The van der Waals surface area contributed by atoms with Crippen LogP contribution in [0.25, 0.3) is 0 Å². The van der Waals surface area contributed by atoms with Gasteiger partial charge in [0.2, 0.25) is 0 Å². The number of nitrogens with zero attached hydrogens (tertiary/aromatic N) is 2. The van der Waals surface area contributed by atoms with E-state index in [0.717, 1.165) is 16.3 Å². The standard InChI is InChI=1S/C15H10ClF4N3O3S/c16-7-3-6(1-2-8(7)17)11(9-5-27-13(22-9)15(18,19)20)23-4-10(12(21)24)26-14(23)25/h1-3,5,10-11H,4H2,(H2,21,24)/t10?,11-/m1/s1. The summed E-state index contributed by atoms with van der Waals surface area (Å²) in [7, 11) is 0. The Morgan fingerprint density at radius 1 is 1.44 bits per heavy atom. The number of carbonyl (C=O) groups excluding carboxylic acids is 2. The molecule has 2 N–H and O–H groups in total. The van der Waals surface area contributed by atoms with E-state index in [1.807, 2.05) is 0 Å². The van der Waals surface area contributed by atoms with Crippen LogP contribution in [0.5, 0.6) is 0 Å². The van der Waals surface area contributed by atoms with Crippen LogP contribution in [-0.2, 0) is 15.7 Å². The molecule has 1 saturated heterocycles. The molecule has 0 spiro atoms. The van der Waals surface area contributed by atoms with Gasteiger partial charge in [0.05, 0.1) is 17.3 Å². The SMILES string of the molecule is NC(=O)C1CN([C@H](c2ccc(F)c(Cl)c2)c2csc(C(F)(F)F)n2)C(=O)O1. The molecular formula is C15H10ClF4N3O3S. The molecule has 12 heteroatoms. The molecule has 1 aromatic carbocycles. The van der Waals surface area contributed by atoms with Crippen molar-refractivity contribution >= 4 is 34.9 Å². The predicted octanol–water partition coefficient (Wildman–Crippen LogP) is 3.35. The Morgan fingerprint density at radius 2 is 2.15 bits per heavy atom. The average molecular weight is 424 g/mol. The van der Waals surface area contributed by atoms with Crippen molar-refractivity contribution in [3.63, 3.8) is 0 Å². The van der Waals surface area contributed by atoms with Crippen LogP contribution in [0, 0.1) is 5.82 Å². The third kappa shape index (κ3) is 3.83. The van der Waals surface area contributed by atoms with Gasteiger partial charge in [0, 0.05) is 5.38 Å². The third-order valence-corrected chi connectivity index (χ3v) is 4.97. The molecule has 1 aromatic heterocycles. The van der Waals surface area contributed by atoms with Gasteiger partial charge in [0.15, 0.2) is 11.1 Å². The van der Waals surface area contributed by atoms with E-state index < -0.39 is 41.1 Å². The first-order valence-electron chi connectivity index (χ1n) is 7.32. The Bertz CT molecular complexity index is 905. The maximum Gasteiger partial charge on any atom is 0.443 e. The minimum atomic E-state index is -4.67. The Morgan fingerprint density at radius 3 is 2.67 bits per heavy atom. The fraction of sp³-hybridized carbons (Fsp3) is 0.267. The van der Waals surface area contributed by atoms with Crippen molar-refractivity contribution in [1.29, 1.82) is 0 Å². The Kier molecular flexibility index (Phi) is 5.00. The van der Waals surface area contributed by atoms with Crippen LogP contribution < -0.4 is 5.73 Å². The molecule has 1 unspecified atom stereocenters.